The normalized spacial score (nSPS) is 10.3. The van der Waals surface area contributed by atoms with Crippen LogP contribution in [0.5, 0.6) is 11.5 Å². The summed E-state index contributed by atoms with van der Waals surface area (Å²) in [6.45, 7) is 0. The summed E-state index contributed by atoms with van der Waals surface area (Å²) in [5.41, 5.74) is 5.66. The predicted octanol–water partition coefficient (Wildman–Crippen LogP) is 4.37. The average molecular weight is 397 g/mol. The summed E-state index contributed by atoms with van der Waals surface area (Å²) < 4.78 is 5.54. The number of ketones is 1. The molecule has 0 aliphatic heterocycles. The first-order valence-electron chi connectivity index (χ1n) is 8.01. The number of hydrogen-bond donors (Lipinski definition) is 1. The predicted molar refractivity (Wildman–Crippen MR) is 103 cm³/mol. The second kappa shape index (κ2) is 7.89. The van der Waals surface area contributed by atoms with Crippen molar-refractivity contribution in [1.82, 2.24) is 0 Å². The Morgan fingerprint density at radius 1 is 0.893 bits per heavy atom. The fourth-order valence-corrected chi connectivity index (χ4v) is 2.59. The Morgan fingerprint density at radius 3 is 1.96 bits per heavy atom. The number of nitrogens with two attached hydrogens (primary N) is 1. The molecule has 8 heteroatoms. The van der Waals surface area contributed by atoms with Crippen molar-refractivity contribution in [2.75, 3.05) is 0 Å². The zero-order chi connectivity index (χ0) is 20.3. The summed E-state index contributed by atoms with van der Waals surface area (Å²) >= 11 is 5.82. The largest absolute Gasteiger partial charge is 0.450 e. The van der Waals surface area contributed by atoms with E-state index in [0.717, 1.165) is 6.07 Å². The minimum Gasteiger partial charge on any atom is -0.450 e. The van der Waals surface area contributed by atoms with E-state index in [1.807, 2.05) is 0 Å². The van der Waals surface area contributed by atoms with Gasteiger partial charge in [0, 0.05) is 27.8 Å². The molecule has 0 radical (unpaired) electrons. The van der Waals surface area contributed by atoms with E-state index in [1.54, 1.807) is 36.4 Å². The third-order valence-corrected chi connectivity index (χ3v) is 4.14. The SMILES string of the molecule is NC(=O)c1ccc(Oc2ccc(C(=O)c3ccc(Cl)cc3)cc2)c([N+](=O)[O-])c1. The van der Waals surface area contributed by atoms with Crippen molar-refractivity contribution in [1.29, 1.82) is 0 Å². The van der Waals surface area contributed by atoms with Gasteiger partial charge in [-0.15, -0.1) is 0 Å². The molecule has 0 aliphatic rings. The topological polar surface area (TPSA) is 113 Å². The zero-order valence-electron chi connectivity index (χ0n) is 14.3. The first kappa shape index (κ1) is 19.1. The van der Waals surface area contributed by atoms with E-state index in [2.05, 4.69) is 0 Å². The molecule has 0 heterocycles. The van der Waals surface area contributed by atoms with Crippen molar-refractivity contribution in [3.05, 3.63) is 98.6 Å². The Morgan fingerprint density at radius 2 is 1.43 bits per heavy atom. The van der Waals surface area contributed by atoms with E-state index in [-0.39, 0.29) is 17.1 Å². The lowest BCUT2D eigenvalue weighted by molar-refractivity contribution is -0.385. The molecular formula is C20H13ClN2O5. The minimum atomic E-state index is -0.778. The molecule has 140 valence electrons. The van der Waals surface area contributed by atoms with Crippen molar-refractivity contribution < 1.29 is 19.2 Å². The van der Waals surface area contributed by atoms with Crippen LogP contribution >= 0.6 is 11.6 Å². The molecule has 2 N–H and O–H groups in total. The first-order valence-corrected chi connectivity index (χ1v) is 8.39. The first-order chi connectivity index (χ1) is 13.3. The molecule has 0 spiro atoms. The number of nitrogens with zero attached hydrogens (tertiary/aromatic N) is 1. The van der Waals surface area contributed by atoms with Crippen LogP contribution in [0, 0.1) is 10.1 Å². The number of ether oxygens (including phenoxy) is 1. The molecule has 0 saturated heterocycles. The number of primary amides is 1. The molecule has 3 aromatic rings. The van der Waals surface area contributed by atoms with Crippen LogP contribution < -0.4 is 10.5 Å². The Labute approximate surface area is 164 Å². The molecule has 0 fully saturated rings. The van der Waals surface area contributed by atoms with Crippen LogP contribution in [0.3, 0.4) is 0 Å². The number of nitro benzene ring substituents is 1. The Kier molecular flexibility index (Phi) is 5.37. The summed E-state index contributed by atoms with van der Waals surface area (Å²) in [7, 11) is 0. The summed E-state index contributed by atoms with van der Waals surface area (Å²) in [4.78, 5) is 34.2. The summed E-state index contributed by atoms with van der Waals surface area (Å²) in [6.07, 6.45) is 0. The molecule has 7 nitrogen and oxygen atoms in total. The van der Waals surface area contributed by atoms with Gasteiger partial charge in [-0.2, -0.15) is 0 Å². The van der Waals surface area contributed by atoms with E-state index in [9.17, 15) is 19.7 Å². The number of nitro groups is 1. The fourth-order valence-electron chi connectivity index (χ4n) is 2.47. The molecule has 0 atom stereocenters. The molecule has 0 aliphatic carbocycles. The van der Waals surface area contributed by atoms with E-state index in [1.165, 1.54) is 24.3 Å². The van der Waals surface area contributed by atoms with Gasteiger partial charge >= 0.3 is 5.69 Å². The number of amides is 1. The molecule has 0 aromatic heterocycles. The van der Waals surface area contributed by atoms with Crippen molar-refractivity contribution in [2.24, 2.45) is 5.73 Å². The maximum absolute atomic E-state index is 12.5. The number of rotatable bonds is 6. The van der Waals surface area contributed by atoms with Gasteiger partial charge in [0.05, 0.1) is 4.92 Å². The van der Waals surface area contributed by atoms with Crippen molar-refractivity contribution in [2.45, 2.75) is 0 Å². The molecule has 3 aromatic carbocycles. The number of carbonyl (C=O) groups excluding carboxylic acids is 2. The zero-order valence-corrected chi connectivity index (χ0v) is 15.1. The molecule has 0 bridgehead atoms. The number of halogens is 1. The van der Waals surface area contributed by atoms with Gasteiger partial charge in [-0.25, -0.2) is 0 Å². The monoisotopic (exact) mass is 396 g/mol. The summed E-state index contributed by atoms with van der Waals surface area (Å²) in [5, 5.41) is 11.8. The minimum absolute atomic E-state index is 0.00274. The quantitative estimate of drug-likeness (QED) is 0.377. The van der Waals surface area contributed by atoms with Gasteiger partial charge in [0.25, 0.3) is 0 Å². The molecule has 0 saturated carbocycles. The van der Waals surface area contributed by atoms with Crippen molar-refractivity contribution in [3.63, 3.8) is 0 Å². The lowest BCUT2D eigenvalue weighted by atomic mass is 10.0. The fraction of sp³-hybridized carbons (Fsp3) is 0. The number of hydrogen-bond acceptors (Lipinski definition) is 5. The highest BCUT2D eigenvalue weighted by molar-refractivity contribution is 6.30. The van der Waals surface area contributed by atoms with Crippen LogP contribution in [0.2, 0.25) is 5.02 Å². The van der Waals surface area contributed by atoms with Gasteiger partial charge in [0.15, 0.2) is 5.78 Å². The summed E-state index contributed by atoms with van der Waals surface area (Å²) in [5.74, 6) is -0.728. The summed E-state index contributed by atoms with van der Waals surface area (Å²) in [6, 6.07) is 16.3. The van der Waals surface area contributed by atoms with Crippen LogP contribution in [-0.4, -0.2) is 16.6 Å². The maximum Gasteiger partial charge on any atom is 0.312 e. The van der Waals surface area contributed by atoms with Crippen LogP contribution in [0.4, 0.5) is 5.69 Å². The highest BCUT2D eigenvalue weighted by Gasteiger charge is 2.19. The maximum atomic E-state index is 12.5. The lowest BCUT2D eigenvalue weighted by Gasteiger charge is -2.08. The van der Waals surface area contributed by atoms with E-state index in [4.69, 9.17) is 22.1 Å². The second-order valence-electron chi connectivity index (χ2n) is 5.77. The molecule has 0 unspecified atom stereocenters. The van der Waals surface area contributed by atoms with E-state index >= 15 is 0 Å². The van der Waals surface area contributed by atoms with Crippen molar-refractivity contribution in [3.8, 4) is 11.5 Å². The number of carbonyl (C=O) groups is 2. The van der Waals surface area contributed by atoms with Crippen molar-refractivity contribution >= 4 is 29.0 Å². The Bertz CT molecular complexity index is 1060. The molecule has 3 rings (SSSR count). The van der Waals surface area contributed by atoms with Gasteiger partial charge in [-0.05, 0) is 60.7 Å². The average Bonchev–Trinajstić information content (AvgIpc) is 2.68. The third-order valence-electron chi connectivity index (χ3n) is 3.89. The molecule has 28 heavy (non-hydrogen) atoms. The lowest BCUT2D eigenvalue weighted by Crippen LogP contribution is -2.11. The number of benzene rings is 3. The van der Waals surface area contributed by atoms with Crippen LogP contribution in [-0.2, 0) is 0 Å². The van der Waals surface area contributed by atoms with Crippen LogP contribution in [0.25, 0.3) is 0 Å². The van der Waals surface area contributed by atoms with Gasteiger partial charge < -0.3 is 10.5 Å². The Hall–Kier alpha value is -3.71. The van der Waals surface area contributed by atoms with Gasteiger partial charge in [0.1, 0.15) is 5.75 Å². The second-order valence-corrected chi connectivity index (χ2v) is 6.20. The van der Waals surface area contributed by atoms with Gasteiger partial charge in [-0.3, -0.25) is 19.7 Å². The molecular weight excluding hydrogens is 384 g/mol. The Balaban J connectivity index is 1.83. The highest BCUT2D eigenvalue weighted by Crippen LogP contribution is 2.32. The standard InChI is InChI=1S/C20H13ClN2O5/c21-15-6-1-12(2-7-15)19(24)13-3-8-16(9-4-13)28-18-10-5-14(20(22)25)11-17(18)23(26)27/h1-11H,(H2,22,25). The van der Waals surface area contributed by atoms with Gasteiger partial charge in [-0.1, -0.05) is 11.6 Å². The van der Waals surface area contributed by atoms with Gasteiger partial charge in [0.2, 0.25) is 11.7 Å². The third kappa shape index (κ3) is 4.16. The van der Waals surface area contributed by atoms with E-state index in [0.29, 0.717) is 21.9 Å². The van der Waals surface area contributed by atoms with Crippen LogP contribution in [0.15, 0.2) is 66.7 Å². The molecule has 1 amide bonds. The van der Waals surface area contributed by atoms with Crippen LogP contribution in [0.1, 0.15) is 26.3 Å². The smallest absolute Gasteiger partial charge is 0.312 e. The highest BCUT2D eigenvalue weighted by atomic mass is 35.5. The van der Waals surface area contributed by atoms with E-state index < -0.39 is 16.5 Å².